The summed E-state index contributed by atoms with van der Waals surface area (Å²) in [5.74, 6) is -4.75. The minimum Gasteiger partial charge on any atom is -0.481 e. The van der Waals surface area contributed by atoms with Gasteiger partial charge in [-0.2, -0.15) is 0 Å². The van der Waals surface area contributed by atoms with E-state index in [1.807, 2.05) is 6.92 Å². The number of carbonyl (C=O) groups is 2. The second-order valence-corrected chi connectivity index (χ2v) is 12.2. The molecule has 3 rings (SSSR count). The predicted molar refractivity (Wildman–Crippen MR) is 157 cm³/mol. The summed E-state index contributed by atoms with van der Waals surface area (Å²) in [6.07, 6.45) is 1.66. The molecule has 1 spiro atoms. The van der Waals surface area contributed by atoms with Gasteiger partial charge in [0, 0.05) is 6.42 Å². The molecule has 0 amide bonds. The number of allylic oxidation sites excluding steroid dienone is 2. The van der Waals surface area contributed by atoms with Gasteiger partial charge in [0.25, 0.3) is 5.79 Å². The zero-order valence-electron chi connectivity index (χ0n) is 26.0. The molecule has 0 aromatic rings. The number of hydrogen-bond donors (Lipinski definition) is 7. The Kier molecular flexibility index (Phi) is 15.6. The molecular weight excluding hydrogens is 596 g/mol. The van der Waals surface area contributed by atoms with E-state index >= 15 is 0 Å². The Bertz CT molecular complexity index is 930. The van der Waals surface area contributed by atoms with Gasteiger partial charge in [-0.1, -0.05) is 50.7 Å². The first-order chi connectivity index (χ1) is 21.5. The van der Waals surface area contributed by atoms with Crippen LogP contribution in [0.25, 0.3) is 0 Å². The van der Waals surface area contributed by atoms with Crippen LogP contribution in [0.4, 0.5) is 0 Å². The molecule has 3 heterocycles. The number of aliphatic hydroxyl groups excluding tert-OH is 6. The van der Waals surface area contributed by atoms with Crippen LogP contribution in [-0.2, 0) is 33.3 Å². The topological polar surface area (TPSA) is 222 Å². The molecule has 14 heteroatoms. The van der Waals surface area contributed by atoms with Crippen molar-refractivity contribution in [3.63, 3.8) is 0 Å². The average molecular weight is 649 g/mol. The van der Waals surface area contributed by atoms with Gasteiger partial charge in [-0.25, -0.2) is 4.79 Å². The molecule has 3 aliphatic rings. The van der Waals surface area contributed by atoms with Gasteiger partial charge < -0.3 is 59.4 Å². The van der Waals surface area contributed by atoms with E-state index < -0.39 is 86.1 Å². The van der Waals surface area contributed by atoms with Crippen LogP contribution >= 0.6 is 0 Å². The van der Waals surface area contributed by atoms with Crippen LogP contribution in [0, 0.1) is 0 Å². The average Bonchev–Trinajstić information content (AvgIpc) is 3.08. The maximum absolute atomic E-state index is 13.2. The second-order valence-electron chi connectivity index (χ2n) is 12.2. The van der Waals surface area contributed by atoms with Crippen LogP contribution in [0.5, 0.6) is 0 Å². The molecule has 0 saturated carbocycles. The van der Waals surface area contributed by atoms with E-state index in [0.29, 0.717) is 6.42 Å². The first-order valence-electron chi connectivity index (χ1n) is 16.2. The zero-order valence-corrected chi connectivity index (χ0v) is 26.0. The van der Waals surface area contributed by atoms with Gasteiger partial charge in [0.05, 0.1) is 19.3 Å². The van der Waals surface area contributed by atoms with Gasteiger partial charge in [0.15, 0.2) is 12.4 Å². The maximum Gasteiger partial charge on any atom is 0.370 e. The van der Waals surface area contributed by atoms with Crippen LogP contribution in [-0.4, -0.2) is 128 Å². The lowest BCUT2D eigenvalue weighted by molar-refractivity contribution is -0.385. The molecule has 0 aromatic heterocycles. The van der Waals surface area contributed by atoms with Crippen molar-refractivity contribution in [1.82, 2.24) is 0 Å². The fourth-order valence-electron chi connectivity index (χ4n) is 5.93. The van der Waals surface area contributed by atoms with E-state index in [1.54, 1.807) is 0 Å². The molecule has 1 unspecified atom stereocenters. The minimum absolute atomic E-state index is 0.249. The third-order valence-corrected chi connectivity index (χ3v) is 8.61. The molecule has 11 atom stereocenters. The Morgan fingerprint density at radius 3 is 2.04 bits per heavy atom. The van der Waals surface area contributed by atoms with Crippen molar-refractivity contribution in [2.24, 2.45) is 0 Å². The molecule has 7 N–H and O–H groups in total. The summed E-state index contributed by atoms with van der Waals surface area (Å²) in [7, 11) is 0. The fourth-order valence-corrected chi connectivity index (χ4v) is 5.93. The van der Waals surface area contributed by atoms with Gasteiger partial charge in [-0.05, 0) is 45.4 Å². The number of hydrogen-bond acceptors (Lipinski definition) is 13. The SMILES string of the molecule is CC(CCCCCC/C=C\CCCCCCCC(=O)O)O[C@@H]1O[C@H](CO)[C@H]2OC(=O)[C@@]3(O[C@@H]1[C@H]2O)O[C@H](CO)[C@@H](O)[C@H](O)[C@H]3O. The first kappa shape index (κ1) is 37.7. The maximum atomic E-state index is 13.2. The van der Waals surface area contributed by atoms with Crippen LogP contribution in [0.1, 0.15) is 90.4 Å². The summed E-state index contributed by atoms with van der Waals surface area (Å²) in [6.45, 7) is 0.366. The molecule has 45 heavy (non-hydrogen) atoms. The molecular formula is C31H52O14. The van der Waals surface area contributed by atoms with E-state index in [-0.39, 0.29) is 12.5 Å². The highest BCUT2D eigenvalue weighted by Crippen LogP contribution is 2.41. The number of aliphatic hydroxyl groups is 6. The van der Waals surface area contributed by atoms with Crippen molar-refractivity contribution in [2.75, 3.05) is 13.2 Å². The lowest BCUT2D eigenvalue weighted by Gasteiger charge is -2.47. The summed E-state index contributed by atoms with van der Waals surface area (Å²) < 4.78 is 28.5. The van der Waals surface area contributed by atoms with Gasteiger partial charge >= 0.3 is 11.9 Å². The minimum atomic E-state index is -2.71. The Balaban J connectivity index is 1.43. The van der Waals surface area contributed by atoms with Crippen molar-refractivity contribution in [3.05, 3.63) is 12.2 Å². The number of unbranched alkanes of at least 4 members (excludes halogenated alkanes) is 9. The number of rotatable bonds is 19. The number of carboxylic acids is 1. The van der Waals surface area contributed by atoms with Crippen molar-refractivity contribution in [1.29, 1.82) is 0 Å². The Labute approximate surface area is 263 Å². The molecule has 260 valence electrons. The van der Waals surface area contributed by atoms with Crippen LogP contribution in [0.3, 0.4) is 0 Å². The van der Waals surface area contributed by atoms with E-state index in [4.69, 9.17) is 28.8 Å². The van der Waals surface area contributed by atoms with E-state index in [0.717, 1.165) is 70.6 Å². The van der Waals surface area contributed by atoms with E-state index in [9.17, 15) is 40.2 Å². The van der Waals surface area contributed by atoms with Crippen LogP contribution in [0.2, 0.25) is 0 Å². The summed E-state index contributed by atoms with van der Waals surface area (Å²) in [6, 6.07) is 0. The molecule has 0 radical (unpaired) electrons. The van der Waals surface area contributed by atoms with E-state index in [1.165, 1.54) is 0 Å². The van der Waals surface area contributed by atoms with Crippen molar-refractivity contribution in [2.45, 2.75) is 157 Å². The monoisotopic (exact) mass is 648 g/mol. The van der Waals surface area contributed by atoms with Gasteiger partial charge in [-0.3, -0.25) is 4.79 Å². The normalized spacial score (nSPS) is 35.8. The highest BCUT2D eigenvalue weighted by Gasteiger charge is 2.66. The predicted octanol–water partition coefficient (Wildman–Crippen LogP) is 0.662. The smallest absolute Gasteiger partial charge is 0.370 e. The lowest BCUT2D eigenvalue weighted by Crippen LogP contribution is -2.70. The van der Waals surface area contributed by atoms with Gasteiger partial charge in [0.2, 0.25) is 0 Å². The fraction of sp³-hybridized carbons (Fsp3) is 0.871. The summed E-state index contributed by atoms with van der Waals surface area (Å²) in [5, 5.41) is 70.5. The molecule has 14 nitrogen and oxygen atoms in total. The molecule has 3 aliphatic heterocycles. The second kappa shape index (κ2) is 18.6. The summed E-state index contributed by atoms with van der Waals surface area (Å²) in [4.78, 5) is 23.7. The van der Waals surface area contributed by atoms with Crippen LogP contribution < -0.4 is 0 Å². The number of aliphatic carboxylic acids is 1. The lowest BCUT2D eigenvalue weighted by atomic mass is 9.92. The van der Waals surface area contributed by atoms with Crippen LogP contribution in [0.15, 0.2) is 12.2 Å². The number of carbonyl (C=O) groups excluding carboxylic acids is 1. The number of esters is 1. The Morgan fingerprint density at radius 2 is 1.42 bits per heavy atom. The van der Waals surface area contributed by atoms with E-state index in [2.05, 4.69) is 12.2 Å². The Morgan fingerprint density at radius 1 is 0.822 bits per heavy atom. The summed E-state index contributed by atoms with van der Waals surface area (Å²) in [5.41, 5.74) is 0. The third-order valence-electron chi connectivity index (χ3n) is 8.61. The first-order valence-corrected chi connectivity index (χ1v) is 16.2. The highest BCUT2D eigenvalue weighted by molar-refractivity contribution is 5.80. The molecule has 3 fully saturated rings. The number of ether oxygens (including phenoxy) is 5. The molecule has 0 aliphatic carbocycles. The Hall–Kier alpha value is -1.72. The number of fused-ring (bicyclic) bond motifs is 2. The molecule has 2 bridgehead atoms. The van der Waals surface area contributed by atoms with Crippen molar-refractivity contribution >= 4 is 11.9 Å². The largest absolute Gasteiger partial charge is 0.481 e. The highest BCUT2D eigenvalue weighted by atomic mass is 16.8. The third kappa shape index (κ3) is 10.1. The van der Waals surface area contributed by atoms with Crippen molar-refractivity contribution < 1.29 is 69.0 Å². The molecule has 3 saturated heterocycles. The number of carboxylic acid groups (broad SMARTS) is 1. The standard InChI is InChI=1S/C31H52O14/c1-19(15-13-11-9-7-5-3-2-4-6-8-10-12-14-16-22(34)35)41-29-27-25(38)26(21(18-33)42-29)43-30(40)31(45-27)28(39)24(37)23(36)20(17-32)44-31/h2-3,19-21,23-29,32-33,36-39H,4-18H2,1H3,(H,34,35)/b3-2-/t19?,20-,21-,23-,24+,25+,26-,27-,28-,29-,31-/m1/s1. The van der Waals surface area contributed by atoms with Gasteiger partial charge in [-0.15, -0.1) is 0 Å². The van der Waals surface area contributed by atoms with Gasteiger partial charge in [0.1, 0.15) is 42.7 Å². The summed E-state index contributed by atoms with van der Waals surface area (Å²) >= 11 is 0. The van der Waals surface area contributed by atoms with Crippen molar-refractivity contribution in [3.8, 4) is 0 Å². The quantitative estimate of drug-likeness (QED) is 0.0581. The molecule has 0 aromatic carbocycles. The zero-order chi connectivity index (χ0) is 33.0.